The van der Waals surface area contributed by atoms with E-state index in [2.05, 4.69) is 31.2 Å². The van der Waals surface area contributed by atoms with Crippen molar-refractivity contribution >= 4 is 21.4 Å². The smallest absolute Gasteiger partial charge is 0.0348 e. The molecule has 1 heteroatoms. The average molecular weight is 188 g/mol. The van der Waals surface area contributed by atoms with E-state index in [-0.39, 0.29) is 0 Å². The van der Waals surface area contributed by atoms with E-state index < -0.39 is 0 Å². The Morgan fingerprint density at radius 2 is 2.00 bits per heavy atom. The first-order chi connectivity index (χ1) is 6.36. The number of fused-ring (bicyclic) bond motifs is 1. The molecule has 0 spiro atoms. The largest absolute Gasteiger partial charge is 0.140 e. The molecule has 0 saturated heterocycles. The van der Waals surface area contributed by atoms with Gasteiger partial charge in [0.05, 0.1) is 0 Å². The van der Waals surface area contributed by atoms with Crippen molar-refractivity contribution in [1.29, 1.82) is 0 Å². The molecule has 0 atom stereocenters. The van der Waals surface area contributed by atoms with Crippen LogP contribution >= 0.6 is 11.3 Å². The van der Waals surface area contributed by atoms with Gasteiger partial charge in [0.25, 0.3) is 0 Å². The molecule has 1 heterocycles. The molecule has 0 unspecified atom stereocenters. The van der Waals surface area contributed by atoms with Gasteiger partial charge in [-0.05, 0) is 42.7 Å². The summed E-state index contributed by atoms with van der Waals surface area (Å²) in [4.78, 5) is 1.53. The van der Waals surface area contributed by atoms with Gasteiger partial charge in [-0.2, -0.15) is 0 Å². The Balaban J connectivity index is 2.35. The Morgan fingerprint density at radius 1 is 1.23 bits per heavy atom. The second-order valence-electron chi connectivity index (χ2n) is 3.84. The number of thiophene rings is 1. The number of rotatable bonds is 1. The average Bonchev–Trinajstić information content (AvgIpc) is 2.88. The molecule has 0 N–H and O–H groups in total. The highest BCUT2D eigenvalue weighted by Crippen LogP contribution is 2.47. The normalized spacial score (nSPS) is 16.7. The van der Waals surface area contributed by atoms with Gasteiger partial charge in [-0.3, -0.25) is 0 Å². The summed E-state index contributed by atoms with van der Waals surface area (Å²) in [6.45, 7) is 2.26. The third kappa shape index (κ3) is 1.11. The van der Waals surface area contributed by atoms with Crippen LogP contribution in [0.15, 0.2) is 24.3 Å². The molecule has 1 aliphatic rings. The molecule has 66 valence electrons. The fourth-order valence-corrected chi connectivity index (χ4v) is 3.22. The molecule has 0 aliphatic heterocycles. The standard InChI is InChI=1S/C12H12S/c1-8-12(9-6-7-9)10-4-2-3-5-11(10)13-8/h2-5,9H,6-7H2,1H3. The maximum atomic E-state index is 2.27. The molecule has 0 radical (unpaired) electrons. The van der Waals surface area contributed by atoms with Crippen LogP contribution in [0.25, 0.3) is 10.1 Å². The highest BCUT2D eigenvalue weighted by molar-refractivity contribution is 7.19. The van der Waals surface area contributed by atoms with Crippen LogP contribution in [0.1, 0.15) is 29.2 Å². The molecule has 1 aliphatic carbocycles. The van der Waals surface area contributed by atoms with Gasteiger partial charge in [0.2, 0.25) is 0 Å². The summed E-state index contributed by atoms with van der Waals surface area (Å²) in [5.74, 6) is 0.885. The van der Waals surface area contributed by atoms with Crippen LogP contribution in [0.5, 0.6) is 0 Å². The summed E-state index contributed by atoms with van der Waals surface area (Å²) in [5, 5.41) is 1.51. The first kappa shape index (κ1) is 7.57. The first-order valence-corrected chi connectivity index (χ1v) is 5.66. The molecular formula is C12H12S. The van der Waals surface area contributed by atoms with Crippen molar-refractivity contribution in [3.63, 3.8) is 0 Å². The zero-order valence-corrected chi connectivity index (χ0v) is 8.53. The van der Waals surface area contributed by atoms with Crippen molar-refractivity contribution in [3.05, 3.63) is 34.7 Å². The van der Waals surface area contributed by atoms with Gasteiger partial charge in [0, 0.05) is 9.58 Å². The molecular weight excluding hydrogens is 176 g/mol. The zero-order chi connectivity index (χ0) is 8.84. The van der Waals surface area contributed by atoms with Crippen molar-refractivity contribution < 1.29 is 0 Å². The first-order valence-electron chi connectivity index (χ1n) is 4.84. The van der Waals surface area contributed by atoms with Gasteiger partial charge >= 0.3 is 0 Å². The summed E-state index contributed by atoms with van der Waals surface area (Å²) >= 11 is 1.95. The third-order valence-corrected chi connectivity index (χ3v) is 3.91. The van der Waals surface area contributed by atoms with E-state index in [1.54, 1.807) is 5.56 Å². The summed E-state index contributed by atoms with van der Waals surface area (Å²) < 4.78 is 1.46. The van der Waals surface area contributed by atoms with E-state index in [4.69, 9.17) is 0 Å². The summed E-state index contributed by atoms with van der Waals surface area (Å²) in [5.41, 5.74) is 1.64. The highest BCUT2D eigenvalue weighted by atomic mass is 32.1. The van der Waals surface area contributed by atoms with Gasteiger partial charge in [0.15, 0.2) is 0 Å². The minimum Gasteiger partial charge on any atom is -0.140 e. The van der Waals surface area contributed by atoms with Gasteiger partial charge in [-0.15, -0.1) is 11.3 Å². The minimum absolute atomic E-state index is 0.885. The molecule has 3 rings (SSSR count). The van der Waals surface area contributed by atoms with Crippen molar-refractivity contribution in [2.45, 2.75) is 25.7 Å². The highest BCUT2D eigenvalue weighted by Gasteiger charge is 2.27. The lowest BCUT2D eigenvalue weighted by Crippen LogP contribution is -1.77. The topological polar surface area (TPSA) is 0 Å². The van der Waals surface area contributed by atoms with E-state index in [0.717, 1.165) is 5.92 Å². The molecule has 1 aromatic heterocycles. The maximum absolute atomic E-state index is 2.27. The molecule has 0 amide bonds. The van der Waals surface area contributed by atoms with Crippen LogP contribution in [0, 0.1) is 6.92 Å². The summed E-state index contributed by atoms with van der Waals surface area (Å²) in [6.07, 6.45) is 2.81. The number of hydrogen-bond donors (Lipinski definition) is 0. The molecule has 1 saturated carbocycles. The minimum atomic E-state index is 0.885. The second kappa shape index (κ2) is 2.58. The SMILES string of the molecule is Cc1sc2ccccc2c1C1CC1. The number of benzene rings is 1. The van der Waals surface area contributed by atoms with Crippen molar-refractivity contribution in [1.82, 2.24) is 0 Å². The lowest BCUT2D eigenvalue weighted by molar-refractivity contribution is 1.14. The van der Waals surface area contributed by atoms with Gasteiger partial charge in [-0.1, -0.05) is 18.2 Å². The number of hydrogen-bond acceptors (Lipinski definition) is 1. The zero-order valence-electron chi connectivity index (χ0n) is 7.71. The van der Waals surface area contributed by atoms with Crippen LogP contribution in [-0.2, 0) is 0 Å². The number of aryl methyl sites for hydroxylation is 1. The predicted molar refractivity (Wildman–Crippen MR) is 58.5 cm³/mol. The van der Waals surface area contributed by atoms with E-state index in [0.29, 0.717) is 0 Å². The molecule has 1 aromatic carbocycles. The fourth-order valence-electron chi connectivity index (χ4n) is 2.07. The Bertz CT molecular complexity index is 449. The van der Waals surface area contributed by atoms with E-state index in [1.165, 1.54) is 27.8 Å². The lowest BCUT2D eigenvalue weighted by atomic mass is 10.1. The van der Waals surface area contributed by atoms with Crippen molar-refractivity contribution in [2.75, 3.05) is 0 Å². The van der Waals surface area contributed by atoms with Gasteiger partial charge < -0.3 is 0 Å². The van der Waals surface area contributed by atoms with Crippen molar-refractivity contribution in [2.24, 2.45) is 0 Å². The fraction of sp³-hybridized carbons (Fsp3) is 0.333. The molecule has 0 bridgehead atoms. The van der Waals surface area contributed by atoms with Gasteiger partial charge in [0.1, 0.15) is 0 Å². The van der Waals surface area contributed by atoms with Crippen molar-refractivity contribution in [3.8, 4) is 0 Å². The third-order valence-electron chi connectivity index (χ3n) is 2.81. The lowest BCUT2D eigenvalue weighted by Gasteiger charge is -1.96. The molecule has 1 fully saturated rings. The second-order valence-corrected chi connectivity index (χ2v) is 5.10. The Labute approximate surface area is 82.2 Å². The molecule has 0 nitrogen and oxygen atoms in total. The predicted octanol–water partition coefficient (Wildman–Crippen LogP) is 4.09. The van der Waals surface area contributed by atoms with Crippen LogP contribution in [0.4, 0.5) is 0 Å². The Morgan fingerprint density at radius 3 is 2.77 bits per heavy atom. The molecule has 13 heavy (non-hydrogen) atoms. The quantitative estimate of drug-likeness (QED) is 0.632. The maximum Gasteiger partial charge on any atom is 0.0348 e. The van der Waals surface area contributed by atoms with Crippen LogP contribution in [-0.4, -0.2) is 0 Å². The van der Waals surface area contributed by atoms with Crippen LogP contribution in [0.2, 0.25) is 0 Å². The van der Waals surface area contributed by atoms with Crippen LogP contribution < -0.4 is 0 Å². The Hall–Kier alpha value is -0.820. The molecule has 2 aromatic rings. The van der Waals surface area contributed by atoms with E-state index in [1.807, 2.05) is 11.3 Å². The Kier molecular flexibility index (Phi) is 1.50. The summed E-state index contributed by atoms with van der Waals surface area (Å²) in [6, 6.07) is 8.79. The monoisotopic (exact) mass is 188 g/mol. The van der Waals surface area contributed by atoms with Crippen LogP contribution in [0.3, 0.4) is 0 Å². The van der Waals surface area contributed by atoms with Gasteiger partial charge in [-0.25, -0.2) is 0 Å². The summed E-state index contributed by atoms with van der Waals surface area (Å²) in [7, 11) is 0. The van der Waals surface area contributed by atoms with E-state index in [9.17, 15) is 0 Å². The van der Waals surface area contributed by atoms with E-state index >= 15 is 0 Å².